The fraction of sp³-hybridized carbons (Fsp3) is 0.143. The Morgan fingerprint density at radius 2 is 1.15 bits per heavy atom. The van der Waals surface area contributed by atoms with Crippen molar-refractivity contribution in [3.8, 4) is 33.4 Å². The number of nitrogens with two attached hydrogens (primary N) is 1. The summed E-state index contributed by atoms with van der Waals surface area (Å²) in [5.41, 5.74) is 23.8. The Morgan fingerprint density at radius 3 is 1.80 bits per heavy atom. The zero-order valence-corrected chi connectivity index (χ0v) is 38.4. The van der Waals surface area contributed by atoms with Gasteiger partial charge in [-0.2, -0.15) is 0 Å². The van der Waals surface area contributed by atoms with Gasteiger partial charge >= 0.3 is 0 Å². The Kier molecular flexibility index (Phi) is 14.2. The number of aryl methyl sites for hydroxylation is 1. The number of nitrogens with zero attached hydrogens (tertiary/aromatic N) is 1. The largest absolute Gasteiger partial charge is 0.399 e. The Bertz CT molecular complexity index is 3150. The zero-order valence-electron chi connectivity index (χ0n) is 38.4. The minimum atomic E-state index is 0.819. The maximum absolute atomic E-state index is 5.84. The van der Waals surface area contributed by atoms with Gasteiger partial charge in [-0.25, -0.2) is 0 Å². The molecule has 1 fully saturated rings. The topological polar surface area (TPSA) is 30.9 Å². The van der Waals surface area contributed by atoms with Crippen molar-refractivity contribution in [2.24, 2.45) is 5.73 Å². The van der Waals surface area contributed by atoms with E-state index < -0.39 is 0 Å². The number of rotatable bonds is 9. The molecule has 2 heteroatoms. The summed E-state index contributed by atoms with van der Waals surface area (Å²) in [6, 6.07) is 65.4. The highest BCUT2D eigenvalue weighted by Crippen LogP contribution is 2.38. The third-order valence-corrected chi connectivity index (χ3v) is 12.7. The fourth-order valence-electron chi connectivity index (χ4n) is 8.62. The van der Waals surface area contributed by atoms with E-state index in [2.05, 4.69) is 208 Å². The van der Waals surface area contributed by atoms with Crippen LogP contribution in [0, 0.1) is 6.92 Å². The summed E-state index contributed by atoms with van der Waals surface area (Å²) in [5.74, 6) is 0. The van der Waals surface area contributed by atoms with E-state index in [1.54, 1.807) is 0 Å². The van der Waals surface area contributed by atoms with E-state index in [4.69, 9.17) is 5.73 Å². The van der Waals surface area contributed by atoms with Gasteiger partial charge in [-0.15, -0.1) is 0 Å². The molecule has 65 heavy (non-hydrogen) atoms. The zero-order chi connectivity index (χ0) is 45.1. The first-order valence-corrected chi connectivity index (χ1v) is 23.1. The molecule has 10 rings (SSSR count). The van der Waals surface area contributed by atoms with Gasteiger partial charge in [0.2, 0.25) is 0 Å². The van der Waals surface area contributed by atoms with Crippen LogP contribution in [0.2, 0.25) is 0 Å². The van der Waals surface area contributed by atoms with Gasteiger partial charge in [0, 0.05) is 23.0 Å². The van der Waals surface area contributed by atoms with Crippen LogP contribution in [-0.2, 0) is 6.54 Å². The van der Waals surface area contributed by atoms with Crippen molar-refractivity contribution in [1.82, 2.24) is 4.57 Å². The number of allylic oxidation sites excluding steroid dienone is 6. The van der Waals surface area contributed by atoms with Gasteiger partial charge in [0.1, 0.15) is 0 Å². The summed E-state index contributed by atoms with van der Waals surface area (Å²) < 4.78 is 2.49. The molecule has 1 heterocycles. The highest BCUT2D eigenvalue weighted by Gasteiger charge is 2.16. The fourth-order valence-corrected chi connectivity index (χ4v) is 8.62. The van der Waals surface area contributed by atoms with Crippen molar-refractivity contribution in [3.05, 3.63) is 241 Å². The van der Waals surface area contributed by atoms with Gasteiger partial charge < -0.3 is 10.3 Å². The molecule has 9 aromatic rings. The smallest absolute Gasteiger partial charge is 0.0501 e. The lowest BCUT2D eigenvalue weighted by Crippen LogP contribution is -1.99. The lowest BCUT2D eigenvalue weighted by molar-refractivity contribution is 0.504. The van der Waals surface area contributed by atoms with E-state index in [0.717, 1.165) is 17.8 Å². The van der Waals surface area contributed by atoms with E-state index in [0.29, 0.717) is 0 Å². The molecule has 1 aromatic heterocycles. The highest BCUT2D eigenvalue weighted by atomic mass is 15.0. The van der Waals surface area contributed by atoms with E-state index in [-0.39, 0.29) is 0 Å². The average Bonchev–Trinajstić information content (AvgIpc) is 3.65. The summed E-state index contributed by atoms with van der Waals surface area (Å²) in [4.78, 5) is 0. The molecule has 2 N–H and O–H groups in total. The molecule has 1 aliphatic carbocycles. The van der Waals surface area contributed by atoms with Gasteiger partial charge in [0.15, 0.2) is 0 Å². The van der Waals surface area contributed by atoms with Gasteiger partial charge in [-0.05, 0) is 123 Å². The normalized spacial score (nSPS) is 12.8. The number of hydrogen-bond donors (Lipinski definition) is 1. The summed E-state index contributed by atoms with van der Waals surface area (Å²) >= 11 is 0. The third-order valence-electron chi connectivity index (χ3n) is 12.7. The molecule has 0 atom stereocenters. The number of aromatic nitrogens is 1. The van der Waals surface area contributed by atoms with Crippen molar-refractivity contribution in [3.63, 3.8) is 0 Å². The average molecular weight is 845 g/mol. The predicted molar refractivity (Wildman–Crippen MR) is 284 cm³/mol. The minimum Gasteiger partial charge on any atom is -0.399 e. The first-order valence-electron chi connectivity index (χ1n) is 23.1. The van der Waals surface area contributed by atoms with E-state index in [9.17, 15) is 0 Å². The summed E-state index contributed by atoms with van der Waals surface area (Å²) in [5, 5.41) is 5.20. The molecule has 322 valence electrons. The maximum atomic E-state index is 5.84. The summed E-state index contributed by atoms with van der Waals surface area (Å²) in [7, 11) is 0. The SMILES string of the molecule is C/C=C(\N)c1ccc(-c2ccccc2)cc1.C1CCC1.C=C/C(C)=C(\C=C/C)c1ccc(-c2cccc(-c3ccc4c5c6ccccc6ccc5n(Cc5ccccc5)c4c3)c2)cc1C. The second-order valence-corrected chi connectivity index (χ2v) is 17.0. The van der Waals surface area contributed by atoms with Gasteiger partial charge in [-0.3, -0.25) is 0 Å². The Balaban J connectivity index is 0.000000237. The molecule has 1 saturated carbocycles. The number of hydrogen-bond acceptors (Lipinski definition) is 1. The monoisotopic (exact) mass is 844 g/mol. The van der Waals surface area contributed by atoms with E-state index in [1.807, 2.05) is 37.3 Å². The Labute approximate surface area is 386 Å². The van der Waals surface area contributed by atoms with Crippen LogP contribution in [0.15, 0.2) is 218 Å². The van der Waals surface area contributed by atoms with E-state index >= 15 is 0 Å². The molecule has 8 aromatic carbocycles. The number of fused-ring (bicyclic) bond motifs is 5. The van der Waals surface area contributed by atoms with Crippen molar-refractivity contribution >= 4 is 43.8 Å². The molecule has 0 bridgehead atoms. The molecule has 0 amide bonds. The van der Waals surface area contributed by atoms with Crippen LogP contribution in [0.3, 0.4) is 0 Å². The standard InChI is InChI=1S/C44H37N.C15H15N.C4H8/c1-5-13-38(30(3)6-2)39-23-20-36(26-31(39)4)34-17-12-18-35(27-34)37-21-24-41-43(28-37)45(29-32-14-8-7-9-15-32)42-25-22-33-16-10-11-19-40(33)44(41)42;1-2-15(16)14-10-8-13(9-11-14)12-6-4-3-5-7-12;1-2-4-3-1/h5-28H,2,29H2,1,3-4H3;2-11H,16H2,1H3;1-4H2/b13-5-,38-30+;15-2-;. The van der Waals surface area contributed by atoms with Crippen molar-refractivity contribution in [1.29, 1.82) is 0 Å². The van der Waals surface area contributed by atoms with Crippen molar-refractivity contribution in [2.45, 2.75) is 59.9 Å². The molecule has 0 spiro atoms. The second kappa shape index (κ2) is 20.8. The molecule has 1 aliphatic rings. The Morgan fingerprint density at radius 1 is 0.569 bits per heavy atom. The molecular weight excluding hydrogens is 785 g/mol. The van der Waals surface area contributed by atoms with Crippen LogP contribution >= 0.6 is 0 Å². The number of benzene rings is 8. The van der Waals surface area contributed by atoms with Crippen LogP contribution in [0.25, 0.3) is 77.2 Å². The van der Waals surface area contributed by atoms with Crippen LogP contribution in [0.4, 0.5) is 0 Å². The lowest BCUT2D eigenvalue weighted by atomic mass is 9.92. The van der Waals surface area contributed by atoms with Crippen LogP contribution in [0.5, 0.6) is 0 Å². The Hall–Kier alpha value is -7.42. The van der Waals surface area contributed by atoms with Gasteiger partial charge in [0.25, 0.3) is 0 Å². The first kappa shape index (κ1) is 44.2. The van der Waals surface area contributed by atoms with E-state index in [1.165, 1.54) is 119 Å². The molecular formula is C63H60N2. The minimum absolute atomic E-state index is 0.819. The van der Waals surface area contributed by atoms with Crippen LogP contribution < -0.4 is 5.73 Å². The summed E-state index contributed by atoms with van der Waals surface area (Å²) in [6.45, 7) is 13.2. The molecule has 0 unspecified atom stereocenters. The molecule has 0 aliphatic heterocycles. The molecule has 2 nitrogen and oxygen atoms in total. The third kappa shape index (κ3) is 10.0. The highest BCUT2D eigenvalue weighted by molar-refractivity contribution is 6.21. The summed E-state index contributed by atoms with van der Waals surface area (Å²) in [6.07, 6.45) is 14.1. The van der Waals surface area contributed by atoms with Crippen molar-refractivity contribution < 1.29 is 0 Å². The first-order chi connectivity index (χ1) is 31.9. The molecule has 0 radical (unpaired) electrons. The lowest BCUT2D eigenvalue weighted by Gasteiger charge is -2.13. The molecule has 0 saturated heterocycles. The van der Waals surface area contributed by atoms with Crippen LogP contribution in [-0.4, -0.2) is 4.57 Å². The second-order valence-electron chi connectivity index (χ2n) is 17.0. The van der Waals surface area contributed by atoms with Gasteiger partial charge in [0.05, 0.1) is 11.0 Å². The predicted octanol–water partition coefficient (Wildman–Crippen LogP) is 17.4. The van der Waals surface area contributed by atoms with Gasteiger partial charge in [-0.1, -0.05) is 220 Å². The quantitative estimate of drug-likeness (QED) is 0.144. The van der Waals surface area contributed by atoms with Crippen LogP contribution in [0.1, 0.15) is 68.7 Å². The van der Waals surface area contributed by atoms with Crippen molar-refractivity contribution in [2.75, 3.05) is 0 Å². The maximum Gasteiger partial charge on any atom is 0.0501 e.